The van der Waals surface area contributed by atoms with E-state index in [1.807, 2.05) is 14.1 Å². The maximum Gasteiger partial charge on any atom is 0.213 e. The normalized spacial score (nSPS) is 21.7. The third-order valence-electron chi connectivity index (χ3n) is 3.10. The Morgan fingerprint density at radius 1 is 1.39 bits per heavy atom. The fraction of sp³-hybridized carbons (Fsp3) is 1.00. The van der Waals surface area contributed by atoms with Crippen LogP contribution in [0.3, 0.4) is 0 Å². The lowest BCUT2D eigenvalue weighted by Gasteiger charge is -2.28. The van der Waals surface area contributed by atoms with Gasteiger partial charge in [-0.15, -0.1) is 0 Å². The SMILES string of the molecule is CN(C)CC(C)(C)CNS(=O)(=O)CC1CCCN1. The Hall–Kier alpha value is -0.170. The second-order valence-electron chi connectivity index (χ2n) is 6.30. The Labute approximate surface area is 111 Å². The van der Waals surface area contributed by atoms with Gasteiger partial charge in [-0.1, -0.05) is 13.8 Å². The highest BCUT2D eigenvalue weighted by Gasteiger charge is 2.25. The van der Waals surface area contributed by atoms with Crippen LogP contribution in [0.15, 0.2) is 0 Å². The predicted molar refractivity (Wildman–Crippen MR) is 75.1 cm³/mol. The summed E-state index contributed by atoms with van der Waals surface area (Å²) < 4.78 is 26.6. The molecule has 0 aromatic heterocycles. The van der Waals surface area contributed by atoms with E-state index in [0.29, 0.717) is 6.54 Å². The largest absolute Gasteiger partial charge is 0.313 e. The number of nitrogens with one attached hydrogen (secondary N) is 2. The van der Waals surface area contributed by atoms with E-state index in [1.165, 1.54) is 0 Å². The summed E-state index contributed by atoms with van der Waals surface area (Å²) in [4.78, 5) is 2.08. The van der Waals surface area contributed by atoms with Crippen LogP contribution in [0.5, 0.6) is 0 Å². The van der Waals surface area contributed by atoms with Crippen molar-refractivity contribution in [1.82, 2.24) is 14.9 Å². The lowest BCUT2D eigenvalue weighted by atomic mass is 9.93. The standard InChI is InChI=1S/C12H27N3O2S/c1-12(2,10-15(3)4)9-14-18(16,17)8-11-6-5-7-13-11/h11,13-14H,5-10H2,1-4H3. The van der Waals surface area contributed by atoms with E-state index in [1.54, 1.807) is 0 Å². The van der Waals surface area contributed by atoms with Crippen LogP contribution in [-0.2, 0) is 10.0 Å². The minimum absolute atomic E-state index is 0.0559. The average Bonchev–Trinajstić information content (AvgIpc) is 2.65. The molecule has 1 aliphatic rings. The zero-order valence-corrected chi connectivity index (χ0v) is 12.8. The molecule has 1 aliphatic heterocycles. The van der Waals surface area contributed by atoms with Gasteiger partial charge in [0.1, 0.15) is 0 Å². The number of sulfonamides is 1. The molecule has 1 unspecified atom stereocenters. The third-order valence-corrected chi connectivity index (χ3v) is 4.52. The van der Waals surface area contributed by atoms with Crippen LogP contribution in [-0.4, -0.2) is 58.8 Å². The van der Waals surface area contributed by atoms with Gasteiger partial charge in [0.25, 0.3) is 0 Å². The molecule has 1 saturated heterocycles. The molecule has 1 rings (SSSR count). The van der Waals surface area contributed by atoms with Crippen molar-refractivity contribution in [2.24, 2.45) is 5.41 Å². The molecule has 18 heavy (non-hydrogen) atoms. The van der Waals surface area contributed by atoms with Gasteiger partial charge in [-0.25, -0.2) is 13.1 Å². The molecular formula is C12H27N3O2S. The molecule has 0 spiro atoms. The van der Waals surface area contributed by atoms with E-state index in [0.717, 1.165) is 25.9 Å². The van der Waals surface area contributed by atoms with E-state index in [2.05, 4.69) is 28.8 Å². The monoisotopic (exact) mass is 277 g/mol. The average molecular weight is 277 g/mol. The van der Waals surface area contributed by atoms with Gasteiger partial charge < -0.3 is 10.2 Å². The lowest BCUT2D eigenvalue weighted by molar-refractivity contribution is 0.242. The van der Waals surface area contributed by atoms with Gasteiger partial charge in [-0.3, -0.25) is 0 Å². The lowest BCUT2D eigenvalue weighted by Crippen LogP contribution is -2.43. The van der Waals surface area contributed by atoms with Crippen LogP contribution in [0, 0.1) is 5.41 Å². The van der Waals surface area contributed by atoms with Gasteiger partial charge in [-0.2, -0.15) is 0 Å². The van der Waals surface area contributed by atoms with E-state index >= 15 is 0 Å². The summed E-state index contributed by atoms with van der Waals surface area (Å²) in [6, 6.07) is 0.125. The van der Waals surface area contributed by atoms with Crippen LogP contribution in [0.25, 0.3) is 0 Å². The molecule has 1 fully saturated rings. The highest BCUT2D eigenvalue weighted by Crippen LogP contribution is 2.15. The van der Waals surface area contributed by atoms with Crippen LogP contribution >= 0.6 is 0 Å². The Balaban J connectivity index is 2.40. The number of hydrogen-bond donors (Lipinski definition) is 2. The van der Waals surface area contributed by atoms with Crippen LogP contribution in [0.2, 0.25) is 0 Å². The van der Waals surface area contributed by atoms with Gasteiger partial charge in [-0.05, 0) is 38.9 Å². The molecular weight excluding hydrogens is 250 g/mol. The molecule has 0 amide bonds. The molecule has 1 atom stereocenters. The summed E-state index contributed by atoms with van der Waals surface area (Å²) in [7, 11) is 0.832. The van der Waals surface area contributed by atoms with Crippen molar-refractivity contribution in [2.75, 3.05) is 39.5 Å². The summed E-state index contributed by atoms with van der Waals surface area (Å²) in [6.07, 6.45) is 2.04. The molecule has 6 heteroatoms. The Morgan fingerprint density at radius 3 is 2.56 bits per heavy atom. The fourth-order valence-electron chi connectivity index (χ4n) is 2.44. The molecule has 5 nitrogen and oxygen atoms in total. The Kier molecular flexibility index (Phi) is 5.58. The van der Waals surface area contributed by atoms with Crippen molar-refractivity contribution in [3.8, 4) is 0 Å². The van der Waals surface area contributed by atoms with Crippen molar-refractivity contribution >= 4 is 10.0 Å². The third kappa shape index (κ3) is 6.13. The minimum atomic E-state index is -3.17. The highest BCUT2D eigenvalue weighted by atomic mass is 32.2. The first kappa shape index (κ1) is 15.9. The van der Waals surface area contributed by atoms with Gasteiger partial charge >= 0.3 is 0 Å². The van der Waals surface area contributed by atoms with Crippen molar-refractivity contribution < 1.29 is 8.42 Å². The first-order valence-corrected chi connectivity index (χ1v) is 8.21. The zero-order valence-electron chi connectivity index (χ0n) is 12.0. The maximum absolute atomic E-state index is 12.0. The van der Waals surface area contributed by atoms with Gasteiger partial charge in [0.15, 0.2) is 0 Å². The summed E-state index contributed by atoms with van der Waals surface area (Å²) >= 11 is 0. The smallest absolute Gasteiger partial charge is 0.213 e. The highest BCUT2D eigenvalue weighted by molar-refractivity contribution is 7.89. The van der Waals surface area contributed by atoms with Crippen LogP contribution < -0.4 is 10.0 Å². The summed E-state index contributed by atoms with van der Waals surface area (Å²) in [5.41, 5.74) is -0.0559. The predicted octanol–water partition coefficient (Wildman–Crippen LogP) is 0.246. The minimum Gasteiger partial charge on any atom is -0.313 e. The first-order valence-electron chi connectivity index (χ1n) is 6.56. The van der Waals surface area contributed by atoms with Gasteiger partial charge in [0, 0.05) is 19.1 Å². The molecule has 2 N–H and O–H groups in total. The van der Waals surface area contributed by atoms with E-state index in [9.17, 15) is 8.42 Å². The van der Waals surface area contributed by atoms with E-state index < -0.39 is 10.0 Å². The summed E-state index contributed by atoms with van der Waals surface area (Å²) in [6.45, 7) is 6.43. The first-order chi connectivity index (χ1) is 8.20. The summed E-state index contributed by atoms with van der Waals surface area (Å²) in [5, 5.41) is 3.21. The molecule has 1 heterocycles. The molecule has 0 aliphatic carbocycles. The molecule has 108 valence electrons. The second kappa shape index (κ2) is 6.32. The van der Waals surface area contributed by atoms with Crippen molar-refractivity contribution in [3.63, 3.8) is 0 Å². The number of nitrogens with zero attached hydrogens (tertiary/aromatic N) is 1. The quantitative estimate of drug-likeness (QED) is 0.700. The second-order valence-corrected chi connectivity index (χ2v) is 8.15. The van der Waals surface area contributed by atoms with Crippen molar-refractivity contribution in [2.45, 2.75) is 32.7 Å². The summed E-state index contributed by atoms with van der Waals surface area (Å²) in [5.74, 6) is 0.199. The number of hydrogen-bond acceptors (Lipinski definition) is 4. The van der Waals surface area contributed by atoms with E-state index in [-0.39, 0.29) is 17.2 Å². The van der Waals surface area contributed by atoms with Crippen molar-refractivity contribution in [3.05, 3.63) is 0 Å². The van der Waals surface area contributed by atoms with Crippen molar-refractivity contribution in [1.29, 1.82) is 0 Å². The number of rotatable bonds is 7. The fourth-order valence-corrected chi connectivity index (χ4v) is 3.98. The zero-order chi connectivity index (χ0) is 13.8. The maximum atomic E-state index is 12.0. The molecule has 0 radical (unpaired) electrons. The van der Waals surface area contributed by atoms with Crippen LogP contribution in [0.4, 0.5) is 0 Å². The van der Waals surface area contributed by atoms with Gasteiger partial charge in [0.2, 0.25) is 10.0 Å². The molecule has 0 saturated carbocycles. The Morgan fingerprint density at radius 2 is 2.06 bits per heavy atom. The topological polar surface area (TPSA) is 61.4 Å². The van der Waals surface area contributed by atoms with Crippen LogP contribution in [0.1, 0.15) is 26.7 Å². The Bertz CT molecular complexity index is 346. The van der Waals surface area contributed by atoms with E-state index in [4.69, 9.17) is 0 Å². The molecule has 0 bridgehead atoms. The molecule has 0 aromatic carbocycles. The molecule has 0 aromatic rings. The van der Waals surface area contributed by atoms with Gasteiger partial charge in [0.05, 0.1) is 5.75 Å².